The van der Waals surface area contributed by atoms with E-state index in [1.165, 1.54) is 12.8 Å². The number of halogens is 1. The number of aromatic nitrogens is 3. The number of anilines is 1. The average molecular weight is 362 g/mol. The van der Waals surface area contributed by atoms with Gasteiger partial charge < -0.3 is 10.6 Å². The summed E-state index contributed by atoms with van der Waals surface area (Å²) >= 11 is 0. The summed E-state index contributed by atoms with van der Waals surface area (Å²) in [6.07, 6.45) is 5.15. The van der Waals surface area contributed by atoms with E-state index in [1.54, 1.807) is 0 Å². The molecule has 6 nitrogen and oxygen atoms in total. The van der Waals surface area contributed by atoms with Crippen LogP contribution in [0.25, 0.3) is 11.4 Å². The van der Waals surface area contributed by atoms with Gasteiger partial charge in [-0.3, -0.25) is 9.89 Å². The van der Waals surface area contributed by atoms with Crippen molar-refractivity contribution in [2.75, 3.05) is 11.9 Å². The van der Waals surface area contributed by atoms with Gasteiger partial charge in [-0.15, -0.1) is 12.4 Å². The van der Waals surface area contributed by atoms with Crippen molar-refractivity contribution >= 4 is 24.0 Å². The largest absolute Gasteiger partial charge is 0.324 e. The van der Waals surface area contributed by atoms with E-state index in [-0.39, 0.29) is 18.3 Å². The molecule has 1 atom stereocenters. The Morgan fingerprint density at radius 2 is 2.08 bits per heavy atom. The molecule has 1 unspecified atom stereocenters. The van der Waals surface area contributed by atoms with Crippen LogP contribution in [0.4, 0.5) is 5.69 Å². The van der Waals surface area contributed by atoms with Gasteiger partial charge in [-0.25, -0.2) is 4.98 Å². The highest BCUT2D eigenvalue weighted by Crippen LogP contribution is 2.38. The minimum Gasteiger partial charge on any atom is -0.324 e. The Labute approximate surface area is 153 Å². The van der Waals surface area contributed by atoms with Crippen molar-refractivity contribution in [2.45, 2.75) is 50.5 Å². The van der Waals surface area contributed by atoms with Gasteiger partial charge in [0, 0.05) is 17.2 Å². The number of aromatic amines is 1. The van der Waals surface area contributed by atoms with Gasteiger partial charge >= 0.3 is 0 Å². The van der Waals surface area contributed by atoms with Crippen LogP contribution >= 0.6 is 12.4 Å². The first-order chi connectivity index (χ1) is 11.7. The van der Waals surface area contributed by atoms with E-state index in [4.69, 9.17) is 0 Å². The van der Waals surface area contributed by atoms with Crippen LogP contribution in [0.2, 0.25) is 0 Å². The minimum absolute atomic E-state index is 0. The topological polar surface area (TPSA) is 82.7 Å². The molecular formula is C18H24ClN5O. The highest BCUT2D eigenvalue weighted by atomic mass is 35.5. The first-order valence-corrected chi connectivity index (χ1v) is 8.79. The number of hydrogen-bond acceptors (Lipinski definition) is 4. The van der Waals surface area contributed by atoms with Gasteiger partial charge in [0.05, 0.1) is 5.54 Å². The predicted octanol–water partition coefficient (Wildman–Crippen LogP) is 3.24. The second-order valence-electron chi connectivity index (χ2n) is 6.82. The van der Waals surface area contributed by atoms with Gasteiger partial charge in [0.1, 0.15) is 5.82 Å². The van der Waals surface area contributed by atoms with E-state index in [1.807, 2.05) is 24.3 Å². The summed E-state index contributed by atoms with van der Waals surface area (Å²) in [5.74, 6) is 2.33. The third-order valence-electron chi connectivity index (χ3n) is 5.15. The van der Waals surface area contributed by atoms with E-state index in [9.17, 15) is 4.79 Å². The van der Waals surface area contributed by atoms with Crippen LogP contribution in [-0.2, 0) is 4.79 Å². The number of H-pyrrole nitrogens is 1. The molecule has 2 fully saturated rings. The number of carbonyl (C=O) groups is 1. The quantitative estimate of drug-likeness (QED) is 0.763. The van der Waals surface area contributed by atoms with Gasteiger partial charge in [0.15, 0.2) is 5.82 Å². The number of rotatable bonds is 5. The van der Waals surface area contributed by atoms with E-state index in [2.05, 4.69) is 32.7 Å². The summed E-state index contributed by atoms with van der Waals surface area (Å²) in [5, 5.41) is 13.7. The molecule has 25 heavy (non-hydrogen) atoms. The third-order valence-corrected chi connectivity index (χ3v) is 5.15. The fraction of sp³-hybridized carbons (Fsp3) is 0.500. The molecule has 1 aromatic carbocycles. The molecule has 0 spiro atoms. The lowest BCUT2D eigenvalue weighted by Crippen LogP contribution is -2.50. The Morgan fingerprint density at radius 1 is 1.32 bits per heavy atom. The Bertz CT molecular complexity index is 732. The monoisotopic (exact) mass is 361 g/mol. The SMILES string of the molecule is CCC1(C(=O)Nc2ccc(-c3n[nH]c(C4CC4)n3)cc2)CCCN1.Cl. The summed E-state index contributed by atoms with van der Waals surface area (Å²) in [7, 11) is 0. The Kier molecular flexibility index (Phi) is 5.11. The fourth-order valence-corrected chi connectivity index (χ4v) is 3.36. The van der Waals surface area contributed by atoms with Crippen molar-refractivity contribution in [1.82, 2.24) is 20.5 Å². The van der Waals surface area contributed by atoms with Gasteiger partial charge in [-0.05, 0) is 62.9 Å². The molecule has 7 heteroatoms. The lowest BCUT2D eigenvalue weighted by molar-refractivity contribution is -0.122. The minimum atomic E-state index is -0.415. The maximum atomic E-state index is 12.6. The van der Waals surface area contributed by atoms with E-state index in [0.29, 0.717) is 5.92 Å². The van der Waals surface area contributed by atoms with Crippen LogP contribution in [0.5, 0.6) is 0 Å². The van der Waals surface area contributed by atoms with Gasteiger partial charge in [0.2, 0.25) is 5.91 Å². The second-order valence-corrected chi connectivity index (χ2v) is 6.82. The summed E-state index contributed by atoms with van der Waals surface area (Å²) in [6.45, 7) is 2.97. The summed E-state index contributed by atoms with van der Waals surface area (Å²) in [4.78, 5) is 17.2. The van der Waals surface area contributed by atoms with Crippen molar-refractivity contribution in [1.29, 1.82) is 0 Å². The van der Waals surface area contributed by atoms with Crippen LogP contribution in [-0.4, -0.2) is 33.2 Å². The number of carbonyl (C=O) groups excluding carboxylic acids is 1. The number of benzene rings is 1. The molecule has 1 amide bonds. The highest BCUT2D eigenvalue weighted by Gasteiger charge is 2.39. The Balaban J connectivity index is 0.00000182. The molecule has 134 valence electrons. The molecule has 4 rings (SSSR count). The molecule has 2 aliphatic rings. The van der Waals surface area contributed by atoms with Crippen LogP contribution in [0.3, 0.4) is 0 Å². The molecule has 3 N–H and O–H groups in total. The number of nitrogens with zero attached hydrogens (tertiary/aromatic N) is 2. The molecule has 1 saturated heterocycles. The molecular weight excluding hydrogens is 338 g/mol. The van der Waals surface area contributed by atoms with Crippen molar-refractivity contribution in [2.24, 2.45) is 0 Å². The first-order valence-electron chi connectivity index (χ1n) is 8.79. The lowest BCUT2D eigenvalue weighted by atomic mass is 9.93. The first kappa shape index (κ1) is 17.9. The third kappa shape index (κ3) is 3.55. The normalized spacial score (nSPS) is 22.4. The van der Waals surface area contributed by atoms with Crippen LogP contribution in [0, 0.1) is 0 Å². The van der Waals surface area contributed by atoms with Crippen molar-refractivity contribution in [3.05, 3.63) is 30.1 Å². The van der Waals surface area contributed by atoms with Crippen LogP contribution < -0.4 is 10.6 Å². The second kappa shape index (κ2) is 7.14. The van der Waals surface area contributed by atoms with E-state index in [0.717, 1.165) is 48.7 Å². The van der Waals surface area contributed by atoms with Crippen LogP contribution in [0.15, 0.2) is 24.3 Å². The van der Waals surface area contributed by atoms with Gasteiger partial charge in [-0.2, -0.15) is 5.10 Å². The predicted molar refractivity (Wildman–Crippen MR) is 99.9 cm³/mol. The smallest absolute Gasteiger partial charge is 0.244 e. The lowest BCUT2D eigenvalue weighted by Gasteiger charge is -2.26. The zero-order chi connectivity index (χ0) is 16.6. The van der Waals surface area contributed by atoms with E-state index < -0.39 is 5.54 Å². The molecule has 2 aromatic rings. The zero-order valence-electron chi connectivity index (χ0n) is 14.3. The Morgan fingerprint density at radius 3 is 2.68 bits per heavy atom. The number of hydrogen-bond donors (Lipinski definition) is 3. The van der Waals surface area contributed by atoms with Crippen LogP contribution in [0.1, 0.15) is 50.8 Å². The standard InChI is InChI=1S/C18H23N5O.ClH/c1-2-18(10-3-11-19-18)17(24)20-14-8-6-13(7-9-14)16-21-15(22-23-16)12-4-5-12;/h6-9,12,19H,2-5,10-11H2,1H3,(H,20,24)(H,21,22,23);1H. The van der Waals surface area contributed by atoms with Gasteiger partial charge in [0.25, 0.3) is 0 Å². The molecule has 1 saturated carbocycles. The van der Waals surface area contributed by atoms with Crippen molar-refractivity contribution < 1.29 is 4.79 Å². The maximum Gasteiger partial charge on any atom is 0.244 e. The molecule has 1 aliphatic heterocycles. The zero-order valence-corrected chi connectivity index (χ0v) is 15.2. The highest BCUT2D eigenvalue weighted by molar-refractivity contribution is 5.98. The number of nitrogens with one attached hydrogen (secondary N) is 3. The summed E-state index contributed by atoms with van der Waals surface area (Å²) < 4.78 is 0. The molecule has 0 bridgehead atoms. The number of amides is 1. The molecule has 1 aliphatic carbocycles. The van der Waals surface area contributed by atoms with Crippen molar-refractivity contribution in [3.63, 3.8) is 0 Å². The molecule has 0 radical (unpaired) electrons. The fourth-order valence-electron chi connectivity index (χ4n) is 3.36. The maximum absolute atomic E-state index is 12.6. The molecule has 2 heterocycles. The Hall–Kier alpha value is -1.92. The average Bonchev–Trinajstić information content (AvgIpc) is 3.14. The summed E-state index contributed by atoms with van der Waals surface area (Å²) in [6, 6.07) is 7.74. The van der Waals surface area contributed by atoms with E-state index >= 15 is 0 Å². The van der Waals surface area contributed by atoms with Crippen molar-refractivity contribution in [3.8, 4) is 11.4 Å². The van der Waals surface area contributed by atoms with Gasteiger partial charge in [-0.1, -0.05) is 6.92 Å². The molecule has 1 aromatic heterocycles. The summed E-state index contributed by atoms with van der Waals surface area (Å²) in [5.41, 5.74) is 1.35.